The van der Waals surface area contributed by atoms with E-state index in [0.29, 0.717) is 11.1 Å². The van der Waals surface area contributed by atoms with Gasteiger partial charge in [0.1, 0.15) is 10.8 Å². The quantitative estimate of drug-likeness (QED) is 0.562. The van der Waals surface area contributed by atoms with E-state index in [9.17, 15) is 0 Å². The SMILES string of the molecule is C.CC(C)Sc1cc(N)nc(N)n1. The lowest BCUT2D eigenvalue weighted by Gasteiger charge is -2.04. The number of anilines is 2. The van der Waals surface area contributed by atoms with Crippen molar-refractivity contribution in [1.29, 1.82) is 0 Å². The molecule has 0 fully saturated rings. The molecule has 0 unspecified atom stereocenters. The fraction of sp³-hybridized carbons (Fsp3) is 0.500. The lowest BCUT2D eigenvalue weighted by atomic mass is 10.6. The van der Waals surface area contributed by atoms with Crippen LogP contribution in [0, 0.1) is 0 Å². The molecule has 4 N–H and O–H groups in total. The number of hydrogen-bond donors (Lipinski definition) is 2. The van der Waals surface area contributed by atoms with Crippen LogP contribution in [0.4, 0.5) is 11.8 Å². The Labute approximate surface area is 83.1 Å². The van der Waals surface area contributed by atoms with Crippen LogP contribution in [0.1, 0.15) is 21.3 Å². The molecule has 0 radical (unpaired) electrons. The van der Waals surface area contributed by atoms with Crippen molar-refractivity contribution in [3.05, 3.63) is 6.07 Å². The smallest absolute Gasteiger partial charge is 0.223 e. The van der Waals surface area contributed by atoms with E-state index >= 15 is 0 Å². The average molecular weight is 200 g/mol. The summed E-state index contributed by atoms with van der Waals surface area (Å²) < 4.78 is 0. The third-order valence-electron chi connectivity index (χ3n) is 1.10. The van der Waals surface area contributed by atoms with Gasteiger partial charge in [-0.1, -0.05) is 21.3 Å². The fourth-order valence-corrected chi connectivity index (χ4v) is 1.58. The molecule has 1 heterocycles. The van der Waals surface area contributed by atoms with Crippen molar-refractivity contribution in [3.63, 3.8) is 0 Å². The first kappa shape index (κ1) is 12.0. The first-order valence-corrected chi connectivity index (χ1v) is 4.52. The second kappa shape index (κ2) is 4.91. The van der Waals surface area contributed by atoms with Crippen molar-refractivity contribution in [3.8, 4) is 0 Å². The lowest BCUT2D eigenvalue weighted by Crippen LogP contribution is -2.01. The average Bonchev–Trinajstić information content (AvgIpc) is 1.81. The van der Waals surface area contributed by atoms with Gasteiger partial charge in [-0.15, -0.1) is 11.8 Å². The zero-order valence-electron chi connectivity index (χ0n) is 7.11. The van der Waals surface area contributed by atoms with Crippen LogP contribution in [-0.4, -0.2) is 15.2 Å². The Bertz CT molecular complexity index is 255. The van der Waals surface area contributed by atoms with Crippen LogP contribution in [0.2, 0.25) is 0 Å². The standard InChI is InChI=1S/C7H12N4S.CH4/c1-4(2)12-6-3-5(8)10-7(9)11-6;/h3-4H,1-2H3,(H4,8,9,10,11);1H4. The Morgan fingerprint density at radius 2 is 1.92 bits per heavy atom. The van der Waals surface area contributed by atoms with Crippen molar-refractivity contribution in [2.45, 2.75) is 31.6 Å². The highest BCUT2D eigenvalue weighted by Crippen LogP contribution is 2.22. The molecule has 0 bridgehead atoms. The summed E-state index contributed by atoms with van der Waals surface area (Å²) in [5.74, 6) is 0.656. The Morgan fingerprint density at radius 1 is 1.31 bits per heavy atom. The molecule has 1 rings (SSSR count). The van der Waals surface area contributed by atoms with Crippen LogP contribution in [-0.2, 0) is 0 Å². The third-order valence-corrected chi connectivity index (χ3v) is 2.02. The third kappa shape index (κ3) is 3.98. The van der Waals surface area contributed by atoms with E-state index in [1.54, 1.807) is 17.8 Å². The number of nitrogen functional groups attached to an aromatic ring is 2. The maximum Gasteiger partial charge on any atom is 0.223 e. The molecule has 0 saturated heterocycles. The summed E-state index contributed by atoms with van der Waals surface area (Å²) in [5.41, 5.74) is 10.9. The largest absolute Gasteiger partial charge is 0.383 e. The molecule has 5 heteroatoms. The molecule has 0 aliphatic carbocycles. The van der Waals surface area contributed by atoms with Gasteiger partial charge in [0.15, 0.2) is 0 Å². The molecule has 1 aromatic heterocycles. The number of nitrogens with zero attached hydrogens (tertiary/aromatic N) is 2. The Hall–Kier alpha value is -0.970. The minimum absolute atomic E-state index is 0. The molecule has 1 aromatic rings. The second-order valence-electron chi connectivity index (χ2n) is 2.66. The van der Waals surface area contributed by atoms with Gasteiger partial charge < -0.3 is 11.5 Å². The number of aromatic nitrogens is 2. The highest BCUT2D eigenvalue weighted by atomic mass is 32.2. The van der Waals surface area contributed by atoms with Gasteiger partial charge in [0.05, 0.1) is 0 Å². The van der Waals surface area contributed by atoms with E-state index in [2.05, 4.69) is 23.8 Å². The summed E-state index contributed by atoms with van der Waals surface area (Å²) >= 11 is 1.62. The van der Waals surface area contributed by atoms with Crippen molar-refractivity contribution in [2.24, 2.45) is 0 Å². The second-order valence-corrected chi connectivity index (χ2v) is 4.25. The Morgan fingerprint density at radius 3 is 2.38 bits per heavy atom. The summed E-state index contributed by atoms with van der Waals surface area (Å²) in [7, 11) is 0. The number of thioether (sulfide) groups is 1. The maximum absolute atomic E-state index is 5.49. The van der Waals surface area contributed by atoms with Crippen LogP contribution >= 0.6 is 11.8 Å². The van der Waals surface area contributed by atoms with Crippen molar-refractivity contribution < 1.29 is 0 Å². The minimum atomic E-state index is 0. The number of nitrogens with two attached hydrogens (primary N) is 2. The van der Waals surface area contributed by atoms with E-state index in [1.165, 1.54) is 0 Å². The highest BCUT2D eigenvalue weighted by Gasteiger charge is 2.02. The monoisotopic (exact) mass is 200 g/mol. The van der Waals surface area contributed by atoms with Crippen LogP contribution in [0.3, 0.4) is 0 Å². The van der Waals surface area contributed by atoms with Gasteiger partial charge in [-0.25, -0.2) is 4.98 Å². The van der Waals surface area contributed by atoms with Crippen molar-refractivity contribution in [1.82, 2.24) is 9.97 Å². The van der Waals surface area contributed by atoms with Crippen LogP contribution in [0.25, 0.3) is 0 Å². The van der Waals surface area contributed by atoms with Gasteiger partial charge in [-0.2, -0.15) is 4.98 Å². The predicted octanol–water partition coefficient (Wildman–Crippen LogP) is 1.78. The maximum atomic E-state index is 5.49. The normalized spacial score (nSPS) is 9.77. The summed E-state index contributed by atoms with van der Waals surface area (Å²) in [6, 6.07) is 1.72. The van der Waals surface area contributed by atoms with Gasteiger partial charge in [0, 0.05) is 11.3 Å². The number of hydrogen-bond acceptors (Lipinski definition) is 5. The van der Waals surface area contributed by atoms with E-state index in [1.807, 2.05) is 0 Å². The van der Waals surface area contributed by atoms with E-state index in [0.717, 1.165) is 5.03 Å². The fourth-order valence-electron chi connectivity index (χ4n) is 0.763. The molecule has 0 aliphatic heterocycles. The molecule has 74 valence electrons. The molecule has 0 amide bonds. The van der Waals surface area contributed by atoms with Crippen molar-refractivity contribution in [2.75, 3.05) is 11.5 Å². The van der Waals surface area contributed by atoms with Gasteiger partial charge in [0.25, 0.3) is 0 Å². The molecule has 0 aliphatic rings. The Balaban J connectivity index is 0.00000144. The summed E-state index contributed by atoms with van der Waals surface area (Å²) in [4.78, 5) is 7.80. The summed E-state index contributed by atoms with van der Waals surface area (Å²) in [5, 5.41) is 1.30. The van der Waals surface area contributed by atoms with Gasteiger partial charge in [-0.05, 0) is 0 Å². The first-order valence-electron chi connectivity index (χ1n) is 3.64. The van der Waals surface area contributed by atoms with Crippen LogP contribution in [0.15, 0.2) is 11.1 Å². The molecule has 0 spiro atoms. The predicted molar refractivity (Wildman–Crippen MR) is 58.6 cm³/mol. The van der Waals surface area contributed by atoms with E-state index in [-0.39, 0.29) is 13.4 Å². The minimum Gasteiger partial charge on any atom is -0.383 e. The summed E-state index contributed by atoms with van der Waals surface area (Å²) in [6.07, 6.45) is 0. The number of rotatable bonds is 2. The molecule has 4 nitrogen and oxygen atoms in total. The topological polar surface area (TPSA) is 77.8 Å². The first-order chi connectivity index (χ1) is 5.58. The van der Waals surface area contributed by atoms with Gasteiger partial charge >= 0.3 is 0 Å². The van der Waals surface area contributed by atoms with Crippen LogP contribution in [0.5, 0.6) is 0 Å². The zero-order chi connectivity index (χ0) is 9.14. The van der Waals surface area contributed by atoms with Gasteiger partial charge in [-0.3, -0.25) is 0 Å². The summed E-state index contributed by atoms with van der Waals surface area (Å²) in [6.45, 7) is 4.16. The molecule has 0 saturated carbocycles. The molecular formula is C8H16N4S. The molecule has 0 aromatic carbocycles. The zero-order valence-corrected chi connectivity index (χ0v) is 7.93. The molecular weight excluding hydrogens is 184 g/mol. The van der Waals surface area contributed by atoms with E-state index in [4.69, 9.17) is 11.5 Å². The molecule has 0 atom stereocenters. The Kier molecular flexibility index (Phi) is 4.55. The molecule has 13 heavy (non-hydrogen) atoms. The highest BCUT2D eigenvalue weighted by molar-refractivity contribution is 7.99. The van der Waals surface area contributed by atoms with E-state index < -0.39 is 0 Å². The lowest BCUT2D eigenvalue weighted by molar-refractivity contribution is 1.04. The van der Waals surface area contributed by atoms with Crippen molar-refractivity contribution >= 4 is 23.5 Å². The van der Waals surface area contributed by atoms with Gasteiger partial charge in [0.2, 0.25) is 5.95 Å². The van der Waals surface area contributed by atoms with Crippen LogP contribution < -0.4 is 11.5 Å².